The second-order valence-corrected chi connectivity index (χ2v) is 6.02. The van der Waals surface area contributed by atoms with E-state index >= 15 is 0 Å². The molecule has 0 unspecified atom stereocenters. The van der Waals surface area contributed by atoms with Crippen molar-refractivity contribution in [1.29, 1.82) is 0 Å². The molecular weight excluding hydrogens is 323 g/mol. The molecule has 3 amide bonds. The highest BCUT2D eigenvalue weighted by Crippen LogP contribution is 2.19. The summed E-state index contributed by atoms with van der Waals surface area (Å²) in [5, 5.41) is 7.87. The second-order valence-electron chi connectivity index (χ2n) is 6.02. The highest BCUT2D eigenvalue weighted by atomic mass is 19.1. The van der Waals surface area contributed by atoms with Gasteiger partial charge in [0.05, 0.1) is 5.69 Å². The smallest absolute Gasteiger partial charge is 0.319 e. The average molecular weight is 346 g/mol. The van der Waals surface area contributed by atoms with Gasteiger partial charge in [0.2, 0.25) is 5.91 Å². The van der Waals surface area contributed by atoms with Crippen molar-refractivity contribution >= 4 is 23.3 Å². The molecule has 0 radical (unpaired) electrons. The molecule has 25 heavy (non-hydrogen) atoms. The Morgan fingerprint density at radius 2 is 2.00 bits per heavy atom. The van der Waals surface area contributed by atoms with E-state index in [0.717, 1.165) is 12.8 Å². The topological polar surface area (TPSA) is 75.2 Å². The highest BCUT2D eigenvalue weighted by Gasteiger charge is 2.10. The summed E-state index contributed by atoms with van der Waals surface area (Å²) in [5.74, 6) is -0.938. The minimum absolute atomic E-state index is 0.0230. The molecule has 0 bridgehead atoms. The van der Waals surface area contributed by atoms with E-state index in [1.165, 1.54) is 30.8 Å². The fraction of sp³-hybridized carbons (Fsp3) is 0.333. The molecular formula is C18H23FN4O2. The number of benzene rings is 1. The van der Waals surface area contributed by atoms with Gasteiger partial charge in [0, 0.05) is 37.6 Å². The van der Waals surface area contributed by atoms with E-state index in [-0.39, 0.29) is 23.7 Å². The predicted molar refractivity (Wildman–Crippen MR) is 96.1 cm³/mol. The summed E-state index contributed by atoms with van der Waals surface area (Å²) < 4.78 is 15.7. The molecule has 6 nitrogen and oxygen atoms in total. The number of nitrogens with one attached hydrogen (secondary N) is 3. The maximum Gasteiger partial charge on any atom is 0.319 e. The summed E-state index contributed by atoms with van der Waals surface area (Å²) in [4.78, 5) is 23.1. The molecule has 7 heteroatoms. The van der Waals surface area contributed by atoms with E-state index in [0.29, 0.717) is 5.69 Å². The van der Waals surface area contributed by atoms with Crippen molar-refractivity contribution in [1.82, 2.24) is 9.88 Å². The number of nitrogens with zero attached hydrogens (tertiary/aromatic N) is 1. The standard InChI is InChI=1S/C18H23FN4O2/c1-12(6-8-15-5-4-10-23(15)3)20-18(25)22-14-7-9-16(19)17(11-14)21-13(2)24/h4-5,7,9-12H,6,8H2,1-3H3,(H,21,24)(H2,20,22,25)/t12-/m1/s1. The van der Waals surface area contributed by atoms with Gasteiger partial charge in [-0.1, -0.05) is 0 Å². The summed E-state index contributed by atoms with van der Waals surface area (Å²) in [5.41, 5.74) is 1.63. The van der Waals surface area contributed by atoms with E-state index in [9.17, 15) is 14.0 Å². The fourth-order valence-corrected chi connectivity index (χ4v) is 2.47. The van der Waals surface area contributed by atoms with Gasteiger partial charge in [0.15, 0.2) is 0 Å². The second kappa shape index (κ2) is 8.32. The number of urea groups is 1. The number of rotatable bonds is 6. The van der Waals surface area contributed by atoms with Gasteiger partial charge in [-0.05, 0) is 50.1 Å². The zero-order valence-electron chi connectivity index (χ0n) is 14.6. The van der Waals surface area contributed by atoms with Gasteiger partial charge in [-0.2, -0.15) is 0 Å². The van der Waals surface area contributed by atoms with Crippen molar-refractivity contribution < 1.29 is 14.0 Å². The molecule has 1 aromatic carbocycles. The first-order chi connectivity index (χ1) is 11.8. The Bertz CT molecular complexity index is 757. The molecule has 0 fully saturated rings. The molecule has 3 N–H and O–H groups in total. The van der Waals surface area contributed by atoms with Crippen LogP contribution in [0.25, 0.3) is 0 Å². The molecule has 0 aliphatic carbocycles. The maximum atomic E-state index is 13.6. The molecule has 0 aliphatic rings. The number of aryl methyl sites for hydroxylation is 2. The first kappa shape index (κ1) is 18.5. The quantitative estimate of drug-likeness (QED) is 0.751. The van der Waals surface area contributed by atoms with Gasteiger partial charge in [0.25, 0.3) is 0 Å². The lowest BCUT2D eigenvalue weighted by atomic mass is 10.1. The molecule has 0 saturated carbocycles. The molecule has 134 valence electrons. The number of anilines is 2. The van der Waals surface area contributed by atoms with Crippen LogP contribution in [-0.4, -0.2) is 22.5 Å². The Labute approximate surface area is 146 Å². The van der Waals surface area contributed by atoms with Gasteiger partial charge in [-0.25, -0.2) is 9.18 Å². The molecule has 2 aromatic rings. The van der Waals surface area contributed by atoms with Crippen LogP contribution >= 0.6 is 0 Å². The van der Waals surface area contributed by atoms with Crippen LogP contribution in [0, 0.1) is 5.82 Å². The molecule has 2 rings (SSSR count). The number of carbonyl (C=O) groups excluding carboxylic acids is 2. The Morgan fingerprint density at radius 1 is 1.24 bits per heavy atom. The van der Waals surface area contributed by atoms with Crippen LogP contribution in [0.2, 0.25) is 0 Å². The van der Waals surface area contributed by atoms with Crippen LogP contribution in [0.15, 0.2) is 36.5 Å². The summed E-state index contributed by atoms with van der Waals surface area (Å²) in [6.07, 6.45) is 3.64. The van der Waals surface area contributed by atoms with E-state index in [1.807, 2.05) is 26.2 Å². The van der Waals surface area contributed by atoms with Crippen LogP contribution in [0.4, 0.5) is 20.6 Å². The Kier molecular flexibility index (Phi) is 6.16. The third kappa shape index (κ3) is 5.63. The largest absolute Gasteiger partial charge is 0.354 e. The molecule has 0 aliphatic heterocycles. The lowest BCUT2D eigenvalue weighted by molar-refractivity contribution is -0.114. The summed E-state index contributed by atoms with van der Waals surface area (Å²) in [7, 11) is 1.99. The van der Waals surface area contributed by atoms with E-state index in [4.69, 9.17) is 0 Å². The highest BCUT2D eigenvalue weighted by molar-refractivity contribution is 5.92. The Balaban J connectivity index is 1.87. The van der Waals surface area contributed by atoms with Gasteiger partial charge < -0.3 is 20.5 Å². The zero-order valence-corrected chi connectivity index (χ0v) is 14.6. The van der Waals surface area contributed by atoms with Crippen molar-refractivity contribution in [2.75, 3.05) is 10.6 Å². The third-order valence-corrected chi connectivity index (χ3v) is 3.80. The lowest BCUT2D eigenvalue weighted by Gasteiger charge is -2.15. The fourth-order valence-electron chi connectivity index (χ4n) is 2.47. The van der Waals surface area contributed by atoms with Crippen LogP contribution in [0.5, 0.6) is 0 Å². The van der Waals surface area contributed by atoms with Crippen molar-refractivity contribution in [2.45, 2.75) is 32.7 Å². The van der Waals surface area contributed by atoms with Crippen LogP contribution < -0.4 is 16.0 Å². The number of amides is 3. The summed E-state index contributed by atoms with van der Waals surface area (Å²) in [6, 6.07) is 7.65. The molecule has 0 saturated heterocycles. The molecule has 0 spiro atoms. The minimum atomic E-state index is -0.558. The van der Waals surface area contributed by atoms with Gasteiger partial charge >= 0.3 is 6.03 Å². The first-order valence-corrected chi connectivity index (χ1v) is 8.10. The molecule has 1 heterocycles. The van der Waals surface area contributed by atoms with Crippen molar-refractivity contribution in [3.8, 4) is 0 Å². The minimum Gasteiger partial charge on any atom is -0.354 e. The Hall–Kier alpha value is -2.83. The zero-order chi connectivity index (χ0) is 18.4. The Morgan fingerprint density at radius 3 is 2.64 bits per heavy atom. The lowest BCUT2D eigenvalue weighted by Crippen LogP contribution is -2.36. The van der Waals surface area contributed by atoms with Gasteiger partial charge in [-0.15, -0.1) is 0 Å². The van der Waals surface area contributed by atoms with Crippen molar-refractivity contribution in [2.24, 2.45) is 7.05 Å². The number of hydrogen-bond acceptors (Lipinski definition) is 2. The summed E-state index contributed by atoms with van der Waals surface area (Å²) in [6.45, 7) is 3.22. The average Bonchev–Trinajstić information content (AvgIpc) is 2.93. The molecule has 1 atom stereocenters. The van der Waals surface area contributed by atoms with Gasteiger partial charge in [-0.3, -0.25) is 4.79 Å². The predicted octanol–water partition coefficient (Wildman–Crippen LogP) is 3.27. The maximum absolute atomic E-state index is 13.6. The van der Waals surface area contributed by atoms with Crippen LogP contribution in [0.1, 0.15) is 26.0 Å². The number of aromatic nitrogens is 1. The third-order valence-electron chi connectivity index (χ3n) is 3.80. The summed E-state index contributed by atoms with van der Waals surface area (Å²) >= 11 is 0. The molecule has 1 aromatic heterocycles. The number of halogens is 1. The number of carbonyl (C=O) groups is 2. The van der Waals surface area contributed by atoms with Crippen LogP contribution in [0.3, 0.4) is 0 Å². The first-order valence-electron chi connectivity index (χ1n) is 8.10. The van der Waals surface area contributed by atoms with Crippen molar-refractivity contribution in [3.05, 3.63) is 48.0 Å². The number of hydrogen-bond donors (Lipinski definition) is 3. The monoisotopic (exact) mass is 346 g/mol. The van der Waals surface area contributed by atoms with Crippen LogP contribution in [-0.2, 0) is 18.3 Å². The van der Waals surface area contributed by atoms with E-state index < -0.39 is 5.82 Å². The van der Waals surface area contributed by atoms with Crippen molar-refractivity contribution in [3.63, 3.8) is 0 Å². The normalized spacial score (nSPS) is 11.7. The van der Waals surface area contributed by atoms with E-state index in [1.54, 1.807) is 0 Å². The van der Waals surface area contributed by atoms with E-state index in [2.05, 4.69) is 26.6 Å². The van der Waals surface area contributed by atoms with Gasteiger partial charge in [0.1, 0.15) is 5.82 Å². The SMILES string of the molecule is CC(=O)Nc1cc(NC(=O)N[C@H](C)CCc2cccn2C)ccc1F.